The summed E-state index contributed by atoms with van der Waals surface area (Å²) in [6.45, 7) is 9.38. The summed E-state index contributed by atoms with van der Waals surface area (Å²) >= 11 is 0. The Balaban J connectivity index is 0.000000358. The second-order valence-electron chi connectivity index (χ2n) is 9.80. The summed E-state index contributed by atoms with van der Waals surface area (Å²) in [5.41, 5.74) is -0.177. The molecule has 2 unspecified atom stereocenters. The fourth-order valence-corrected chi connectivity index (χ4v) is 5.03. The largest absolute Gasteiger partial charge is 0.872 e. The summed E-state index contributed by atoms with van der Waals surface area (Å²) in [5, 5.41) is 21.6. The Kier molecular flexibility index (Phi) is 16.2. The molecule has 3 nitrogen and oxygen atoms in total. The van der Waals surface area contributed by atoms with Crippen LogP contribution in [0, 0.1) is 11.8 Å². The summed E-state index contributed by atoms with van der Waals surface area (Å²) in [4.78, 5) is 10.7. The minimum atomic E-state index is -1.18. The van der Waals surface area contributed by atoms with Gasteiger partial charge < -0.3 is 10.2 Å². The van der Waals surface area contributed by atoms with E-state index in [0.29, 0.717) is 0 Å². The Morgan fingerprint density at radius 1 is 0.706 bits per heavy atom. The zero-order valence-electron chi connectivity index (χ0n) is 22.3. The number of benzene rings is 2. The third-order valence-corrected chi connectivity index (χ3v) is 6.92. The number of carboxylic acid groups (broad SMARTS) is 1. The van der Waals surface area contributed by atoms with E-state index in [4.69, 9.17) is 5.11 Å². The van der Waals surface area contributed by atoms with Crippen molar-refractivity contribution >= 4 is 16.7 Å². The number of unbranched alkanes of at least 4 members (excludes halogenated alkanes) is 6. The van der Waals surface area contributed by atoms with Gasteiger partial charge >= 0.3 is 5.97 Å². The van der Waals surface area contributed by atoms with Crippen molar-refractivity contribution in [2.45, 2.75) is 118 Å². The second kappa shape index (κ2) is 18.3. The molecule has 2 atom stereocenters. The van der Waals surface area contributed by atoms with Gasteiger partial charge in [0.1, 0.15) is 0 Å². The summed E-state index contributed by atoms with van der Waals surface area (Å²) in [5.74, 6) is 0.425. The highest BCUT2D eigenvalue weighted by Gasteiger charge is 2.19. The van der Waals surface area contributed by atoms with Crippen molar-refractivity contribution in [2.75, 3.05) is 0 Å². The molecule has 1 N–H and O–H groups in total. The molecule has 2 rings (SSSR count). The monoisotopic (exact) mass is 469 g/mol. The first-order valence-electron chi connectivity index (χ1n) is 13.9. The molecule has 0 heterocycles. The van der Waals surface area contributed by atoms with Crippen LogP contribution < -0.4 is 5.11 Å². The van der Waals surface area contributed by atoms with Gasteiger partial charge in [-0.15, -0.1) is 0 Å². The van der Waals surface area contributed by atoms with E-state index < -0.39 is 11.7 Å². The molecule has 0 aromatic heterocycles. The summed E-state index contributed by atoms with van der Waals surface area (Å²) in [7, 11) is 0. The molecule has 0 fully saturated rings. The standard InChI is InChI=1S/C20H42.C11H8O3/c1-5-9-11-13-17-19(15-7-3)20(16-8-4)18-14-12-10-6-2;12-10-6-8-4-2-1-3-7(8)5-9(10)11(13)14/h19-20H,5-18H2,1-4H3;1-6,12H,(H,13,14)/p-1. The van der Waals surface area contributed by atoms with Crippen molar-refractivity contribution in [1.82, 2.24) is 0 Å². The third kappa shape index (κ3) is 11.4. The van der Waals surface area contributed by atoms with E-state index in [0.717, 1.165) is 22.6 Å². The van der Waals surface area contributed by atoms with E-state index in [1.165, 1.54) is 102 Å². The Morgan fingerprint density at radius 3 is 1.59 bits per heavy atom. The number of carboxylic acids is 1. The fourth-order valence-electron chi connectivity index (χ4n) is 5.03. The first-order chi connectivity index (χ1) is 16.5. The molecule has 192 valence electrons. The summed E-state index contributed by atoms with van der Waals surface area (Å²) < 4.78 is 0. The molecular weight excluding hydrogens is 420 g/mol. The molecule has 0 saturated heterocycles. The molecule has 2 aromatic carbocycles. The predicted octanol–water partition coefficient (Wildman–Crippen LogP) is 9.37. The fraction of sp³-hybridized carbons (Fsp3) is 0.645. The van der Waals surface area contributed by atoms with Crippen LogP contribution >= 0.6 is 0 Å². The van der Waals surface area contributed by atoms with E-state index in [1.807, 2.05) is 6.07 Å². The molecule has 0 aliphatic rings. The van der Waals surface area contributed by atoms with Crippen LogP contribution in [0.1, 0.15) is 128 Å². The van der Waals surface area contributed by atoms with E-state index in [2.05, 4.69) is 27.7 Å². The molecule has 0 bridgehead atoms. The first-order valence-corrected chi connectivity index (χ1v) is 13.9. The minimum absolute atomic E-state index is 0.177. The quantitative estimate of drug-likeness (QED) is 0.249. The van der Waals surface area contributed by atoms with Crippen molar-refractivity contribution in [3.05, 3.63) is 42.0 Å². The Morgan fingerprint density at radius 2 is 1.18 bits per heavy atom. The number of hydrogen-bond acceptors (Lipinski definition) is 2. The van der Waals surface area contributed by atoms with E-state index in [-0.39, 0.29) is 5.56 Å². The van der Waals surface area contributed by atoms with Gasteiger partial charge in [-0.25, -0.2) is 4.79 Å². The molecule has 0 aliphatic carbocycles. The first kappa shape index (κ1) is 30.0. The zero-order chi connectivity index (χ0) is 25.2. The van der Waals surface area contributed by atoms with Crippen molar-refractivity contribution < 1.29 is 15.0 Å². The zero-order valence-corrected chi connectivity index (χ0v) is 22.3. The van der Waals surface area contributed by atoms with Gasteiger partial charge in [-0.05, 0) is 28.7 Å². The lowest BCUT2D eigenvalue weighted by molar-refractivity contribution is -0.268. The highest BCUT2D eigenvalue weighted by Crippen LogP contribution is 2.32. The number of rotatable bonds is 16. The molecule has 0 aliphatic heterocycles. The van der Waals surface area contributed by atoms with Gasteiger partial charge in [0.05, 0.1) is 5.56 Å². The van der Waals surface area contributed by atoms with Crippen molar-refractivity contribution in [2.24, 2.45) is 11.8 Å². The van der Waals surface area contributed by atoms with Crippen LogP contribution in [0.5, 0.6) is 5.75 Å². The Labute approximate surface area is 209 Å². The minimum Gasteiger partial charge on any atom is -0.872 e. The SMILES string of the molecule is CCCCCCC(CCC)C(CCC)CCCCCC.O=C(O)c1cc2ccccc2cc1[O-]. The van der Waals surface area contributed by atoms with E-state index >= 15 is 0 Å². The van der Waals surface area contributed by atoms with E-state index in [9.17, 15) is 9.90 Å². The molecule has 3 heteroatoms. The topological polar surface area (TPSA) is 60.4 Å². The van der Waals surface area contributed by atoms with Gasteiger partial charge in [0.15, 0.2) is 0 Å². The van der Waals surface area contributed by atoms with Crippen LogP contribution in [-0.2, 0) is 0 Å². The summed E-state index contributed by atoms with van der Waals surface area (Å²) in [6.07, 6.45) is 20.2. The van der Waals surface area contributed by atoms with Crippen molar-refractivity contribution in [3.8, 4) is 5.75 Å². The molecule has 34 heavy (non-hydrogen) atoms. The van der Waals surface area contributed by atoms with Gasteiger partial charge in [0, 0.05) is 0 Å². The van der Waals surface area contributed by atoms with Crippen LogP contribution in [-0.4, -0.2) is 11.1 Å². The van der Waals surface area contributed by atoms with Gasteiger partial charge in [-0.3, -0.25) is 0 Å². The maximum Gasteiger partial charge on any atom is 0.335 e. The molecule has 0 amide bonds. The van der Waals surface area contributed by atoms with Gasteiger partial charge in [0.2, 0.25) is 0 Å². The molecular formula is C31H49O3-. The average Bonchev–Trinajstić information content (AvgIpc) is 2.83. The smallest absolute Gasteiger partial charge is 0.335 e. The number of carbonyl (C=O) groups is 1. The summed E-state index contributed by atoms with van der Waals surface area (Å²) in [6, 6.07) is 9.92. The highest BCUT2D eigenvalue weighted by molar-refractivity contribution is 5.97. The lowest BCUT2D eigenvalue weighted by atomic mass is 9.79. The normalized spacial score (nSPS) is 12.7. The van der Waals surface area contributed by atoms with Crippen molar-refractivity contribution in [3.63, 3.8) is 0 Å². The van der Waals surface area contributed by atoms with Crippen LogP contribution in [0.2, 0.25) is 0 Å². The predicted molar refractivity (Wildman–Crippen MR) is 145 cm³/mol. The van der Waals surface area contributed by atoms with E-state index in [1.54, 1.807) is 18.2 Å². The van der Waals surface area contributed by atoms with Crippen LogP contribution in [0.25, 0.3) is 10.8 Å². The maximum absolute atomic E-state index is 11.3. The van der Waals surface area contributed by atoms with Crippen molar-refractivity contribution in [1.29, 1.82) is 0 Å². The molecule has 0 saturated carbocycles. The maximum atomic E-state index is 11.3. The lowest BCUT2D eigenvalue weighted by Gasteiger charge is -2.27. The Bertz CT molecular complexity index is 778. The van der Waals surface area contributed by atoms with Gasteiger partial charge in [-0.1, -0.05) is 154 Å². The highest BCUT2D eigenvalue weighted by atomic mass is 16.4. The number of aromatic carboxylic acids is 1. The number of fused-ring (bicyclic) bond motifs is 1. The Hall–Kier alpha value is -2.03. The van der Waals surface area contributed by atoms with Crippen LogP contribution in [0.3, 0.4) is 0 Å². The average molecular weight is 470 g/mol. The molecule has 2 aromatic rings. The van der Waals surface area contributed by atoms with Crippen LogP contribution in [0.4, 0.5) is 0 Å². The molecule has 0 radical (unpaired) electrons. The second-order valence-corrected chi connectivity index (χ2v) is 9.80. The van der Waals surface area contributed by atoms with Gasteiger partial charge in [0.25, 0.3) is 0 Å². The third-order valence-electron chi connectivity index (χ3n) is 6.92. The lowest BCUT2D eigenvalue weighted by Crippen LogP contribution is -2.15. The van der Waals surface area contributed by atoms with Gasteiger partial charge in [-0.2, -0.15) is 0 Å². The number of hydrogen-bond donors (Lipinski definition) is 1. The van der Waals surface area contributed by atoms with Crippen LogP contribution in [0.15, 0.2) is 36.4 Å². The molecule has 0 spiro atoms.